The van der Waals surface area contributed by atoms with E-state index in [-0.39, 0.29) is 0 Å². The maximum atomic E-state index is 6.09. The standard InChI is InChI=1S/C11H9Cl2N3/c1-8(5-16-7-14-6-15-16)10-3-2-9(12)4-11(10)13/h2-7H,1H3/b8-5-. The number of aromatic nitrogens is 3. The zero-order valence-electron chi connectivity index (χ0n) is 8.56. The van der Waals surface area contributed by atoms with E-state index < -0.39 is 0 Å². The van der Waals surface area contributed by atoms with E-state index in [1.807, 2.05) is 19.2 Å². The van der Waals surface area contributed by atoms with Crippen molar-refractivity contribution >= 4 is 35.0 Å². The van der Waals surface area contributed by atoms with Crippen LogP contribution in [-0.4, -0.2) is 14.8 Å². The van der Waals surface area contributed by atoms with Crippen LogP contribution in [0.4, 0.5) is 0 Å². The van der Waals surface area contributed by atoms with Crippen molar-refractivity contribution in [3.05, 3.63) is 46.5 Å². The molecule has 0 saturated carbocycles. The average molecular weight is 254 g/mol. The van der Waals surface area contributed by atoms with E-state index >= 15 is 0 Å². The number of nitrogens with zero attached hydrogens (tertiary/aromatic N) is 3. The zero-order chi connectivity index (χ0) is 11.5. The molecule has 1 aromatic heterocycles. The highest BCUT2D eigenvalue weighted by atomic mass is 35.5. The Morgan fingerprint density at radius 2 is 2.19 bits per heavy atom. The van der Waals surface area contributed by atoms with E-state index in [1.54, 1.807) is 23.1 Å². The molecule has 0 aliphatic heterocycles. The van der Waals surface area contributed by atoms with Crippen LogP contribution in [0.2, 0.25) is 10.0 Å². The van der Waals surface area contributed by atoms with Crippen molar-refractivity contribution in [2.24, 2.45) is 0 Å². The summed E-state index contributed by atoms with van der Waals surface area (Å²) in [5.74, 6) is 0. The van der Waals surface area contributed by atoms with Crippen molar-refractivity contribution in [2.45, 2.75) is 6.92 Å². The molecule has 0 fully saturated rings. The molecule has 0 radical (unpaired) electrons. The quantitative estimate of drug-likeness (QED) is 0.819. The molecule has 0 aliphatic carbocycles. The van der Waals surface area contributed by atoms with Crippen molar-refractivity contribution in [2.75, 3.05) is 0 Å². The van der Waals surface area contributed by atoms with Gasteiger partial charge in [-0.3, -0.25) is 0 Å². The molecule has 16 heavy (non-hydrogen) atoms. The highest BCUT2D eigenvalue weighted by Gasteiger charge is 2.03. The molecule has 0 aliphatic rings. The van der Waals surface area contributed by atoms with Gasteiger partial charge in [0.1, 0.15) is 12.7 Å². The van der Waals surface area contributed by atoms with Gasteiger partial charge in [0, 0.05) is 16.2 Å². The van der Waals surface area contributed by atoms with Gasteiger partial charge >= 0.3 is 0 Å². The monoisotopic (exact) mass is 253 g/mol. The molecular formula is C11H9Cl2N3. The SMILES string of the molecule is C/C(=C/n1cncn1)c1ccc(Cl)cc1Cl. The molecule has 0 bridgehead atoms. The largest absolute Gasteiger partial charge is 0.228 e. The normalized spacial score (nSPS) is 11.8. The molecule has 1 heterocycles. The van der Waals surface area contributed by atoms with Gasteiger partial charge in [-0.1, -0.05) is 29.3 Å². The lowest BCUT2D eigenvalue weighted by atomic mass is 10.1. The van der Waals surface area contributed by atoms with Crippen LogP contribution < -0.4 is 0 Å². The van der Waals surface area contributed by atoms with Crippen LogP contribution >= 0.6 is 23.2 Å². The number of allylic oxidation sites excluding steroid dienone is 1. The molecule has 0 atom stereocenters. The second kappa shape index (κ2) is 4.68. The number of hydrogen-bond acceptors (Lipinski definition) is 2. The van der Waals surface area contributed by atoms with E-state index in [4.69, 9.17) is 23.2 Å². The first-order valence-electron chi connectivity index (χ1n) is 4.65. The van der Waals surface area contributed by atoms with Gasteiger partial charge in [0.2, 0.25) is 0 Å². The summed E-state index contributed by atoms with van der Waals surface area (Å²) in [5, 5.41) is 5.24. The fourth-order valence-electron chi connectivity index (χ4n) is 1.36. The predicted molar refractivity (Wildman–Crippen MR) is 66.3 cm³/mol. The third kappa shape index (κ3) is 2.43. The van der Waals surface area contributed by atoms with Crippen molar-refractivity contribution in [3.63, 3.8) is 0 Å². The van der Waals surface area contributed by atoms with Crippen molar-refractivity contribution in [1.82, 2.24) is 14.8 Å². The number of rotatable bonds is 2. The maximum absolute atomic E-state index is 6.09. The Morgan fingerprint density at radius 1 is 1.38 bits per heavy atom. The van der Waals surface area contributed by atoms with Crippen LogP contribution in [0, 0.1) is 0 Å². The van der Waals surface area contributed by atoms with E-state index in [9.17, 15) is 0 Å². The third-order valence-corrected chi connectivity index (χ3v) is 2.67. The molecule has 2 rings (SSSR count). The zero-order valence-corrected chi connectivity index (χ0v) is 10.1. The second-order valence-electron chi connectivity index (χ2n) is 3.31. The summed E-state index contributed by atoms with van der Waals surface area (Å²) in [6.07, 6.45) is 4.95. The highest BCUT2D eigenvalue weighted by Crippen LogP contribution is 2.26. The topological polar surface area (TPSA) is 30.7 Å². The maximum Gasteiger partial charge on any atom is 0.138 e. The third-order valence-electron chi connectivity index (χ3n) is 2.12. The molecule has 0 amide bonds. The fraction of sp³-hybridized carbons (Fsp3) is 0.0909. The summed E-state index contributed by atoms with van der Waals surface area (Å²) in [5.41, 5.74) is 1.92. The minimum absolute atomic E-state index is 0.626. The molecule has 0 saturated heterocycles. The Labute approximate surface area is 103 Å². The van der Waals surface area contributed by atoms with E-state index in [0.717, 1.165) is 11.1 Å². The van der Waals surface area contributed by atoms with Gasteiger partial charge in [0.25, 0.3) is 0 Å². The summed E-state index contributed by atoms with van der Waals surface area (Å²) < 4.78 is 1.63. The van der Waals surface area contributed by atoms with Crippen molar-refractivity contribution in [1.29, 1.82) is 0 Å². The number of hydrogen-bond donors (Lipinski definition) is 0. The minimum atomic E-state index is 0.626. The Morgan fingerprint density at radius 3 is 2.81 bits per heavy atom. The molecule has 2 aromatic rings. The highest BCUT2D eigenvalue weighted by molar-refractivity contribution is 6.35. The first-order chi connectivity index (χ1) is 7.66. The first kappa shape index (κ1) is 11.2. The molecule has 3 nitrogen and oxygen atoms in total. The summed E-state index contributed by atoms with van der Waals surface area (Å²) in [7, 11) is 0. The van der Waals surface area contributed by atoms with E-state index in [1.165, 1.54) is 6.33 Å². The minimum Gasteiger partial charge on any atom is -0.228 e. The summed E-state index contributed by atoms with van der Waals surface area (Å²) in [6.45, 7) is 1.96. The summed E-state index contributed by atoms with van der Waals surface area (Å²) in [6, 6.07) is 5.41. The van der Waals surface area contributed by atoms with Crippen molar-refractivity contribution < 1.29 is 0 Å². The van der Waals surface area contributed by atoms with Gasteiger partial charge in [-0.2, -0.15) is 5.10 Å². The van der Waals surface area contributed by atoms with Gasteiger partial charge in [-0.25, -0.2) is 9.67 Å². The van der Waals surface area contributed by atoms with Gasteiger partial charge in [-0.05, 0) is 30.2 Å². The Kier molecular flexibility index (Phi) is 3.27. The van der Waals surface area contributed by atoms with Crippen LogP contribution in [0.1, 0.15) is 12.5 Å². The lowest BCUT2D eigenvalue weighted by molar-refractivity contribution is 0.934. The van der Waals surface area contributed by atoms with Gasteiger partial charge in [0.15, 0.2) is 0 Å². The number of benzene rings is 1. The van der Waals surface area contributed by atoms with Gasteiger partial charge in [-0.15, -0.1) is 0 Å². The fourth-order valence-corrected chi connectivity index (χ4v) is 1.92. The molecule has 0 N–H and O–H groups in total. The van der Waals surface area contributed by atoms with Crippen LogP contribution in [-0.2, 0) is 0 Å². The molecule has 0 unspecified atom stereocenters. The molecule has 5 heteroatoms. The van der Waals surface area contributed by atoms with Crippen LogP contribution in [0.3, 0.4) is 0 Å². The molecule has 1 aromatic carbocycles. The van der Waals surface area contributed by atoms with E-state index in [2.05, 4.69) is 10.1 Å². The summed E-state index contributed by atoms with van der Waals surface area (Å²) in [4.78, 5) is 3.86. The molecule has 0 spiro atoms. The van der Waals surface area contributed by atoms with E-state index in [0.29, 0.717) is 10.0 Å². The molecule has 82 valence electrons. The molecular weight excluding hydrogens is 245 g/mol. The lowest BCUT2D eigenvalue weighted by Gasteiger charge is -2.04. The number of halogens is 2. The second-order valence-corrected chi connectivity index (χ2v) is 4.16. The predicted octanol–water partition coefficient (Wildman–Crippen LogP) is 3.60. The lowest BCUT2D eigenvalue weighted by Crippen LogP contribution is -1.89. The average Bonchev–Trinajstić information content (AvgIpc) is 2.70. The van der Waals surface area contributed by atoms with Crippen LogP contribution in [0.5, 0.6) is 0 Å². The van der Waals surface area contributed by atoms with Crippen LogP contribution in [0.25, 0.3) is 11.8 Å². The van der Waals surface area contributed by atoms with Gasteiger partial charge < -0.3 is 0 Å². The van der Waals surface area contributed by atoms with Crippen LogP contribution in [0.15, 0.2) is 30.9 Å². The Balaban J connectivity index is 2.37. The smallest absolute Gasteiger partial charge is 0.138 e. The summed E-state index contributed by atoms with van der Waals surface area (Å²) >= 11 is 11.9. The first-order valence-corrected chi connectivity index (χ1v) is 5.40. The Bertz CT molecular complexity index is 518. The Hall–Kier alpha value is -1.32. The van der Waals surface area contributed by atoms with Crippen molar-refractivity contribution in [3.8, 4) is 0 Å². The van der Waals surface area contributed by atoms with Gasteiger partial charge in [0.05, 0.1) is 0 Å².